The fraction of sp³-hybridized carbons (Fsp3) is 0.556. The van der Waals surface area contributed by atoms with Gasteiger partial charge in [-0.2, -0.15) is 0 Å². The van der Waals surface area contributed by atoms with Crippen LogP contribution in [-0.2, 0) is 0 Å². The van der Waals surface area contributed by atoms with Crippen molar-refractivity contribution in [1.82, 2.24) is 0 Å². The average Bonchev–Trinajstić information content (AvgIpc) is 2.40. The maximum absolute atomic E-state index is 9.24. The average molecular weight is 154 g/mol. The number of rotatable bonds is 3. The number of allylic oxidation sites excluding steroid dienone is 3. The van der Waals surface area contributed by atoms with Gasteiger partial charge in [0.1, 0.15) is 0 Å². The monoisotopic (exact) mass is 154 g/mol. The predicted molar refractivity (Wildman–Crippen MR) is 44.1 cm³/mol. The van der Waals surface area contributed by atoms with Crippen molar-refractivity contribution in [2.45, 2.75) is 19.4 Å². The van der Waals surface area contributed by atoms with Crippen molar-refractivity contribution >= 4 is 0 Å². The first-order valence-electron chi connectivity index (χ1n) is 3.91. The van der Waals surface area contributed by atoms with E-state index in [1.165, 1.54) is 0 Å². The van der Waals surface area contributed by atoms with Crippen LogP contribution in [0.1, 0.15) is 13.3 Å². The minimum Gasteiger partial charge on any atom is -0.396 e. The molecule has 1 aliphatic rings. The largest absolute Gasteiger partial charge is 0.396 e. The zero-order valence-corrected chi connectivity index (χ0v) is 6.70. The van der Waals surface area contributed by atoms with E-state index in [0.29, 0.717) is 0 Å². The van der Waals surface area contributed by atoms with E-state index in [-0.39, 0.29) is 12.5 Å². The maximum Gasteiger partial charge on any atom is 0.0602 e. The van der Waals surface area contributed by atoms with Crippen molar-refractivity contribution in [2.24, 2.45) is 5.92 Å². The van der Waals surface area contributed by atoms with Gasteiger partial charge in [0.05, 0.1) is 12.7 Å². The van der Waals surface area contributed by atoms with E-state index in [0.717, 1.165) is 12.0 Å². The Hall–Kier alpha value is -0.600. The molecular formula is C9H14O2. The Bertz CT molecular complexity index is 180. The number of hydrogen-bond donors (Lipinski definition) is 2. The highest BCUT2D eigenvalue weighted by atomic mass is 16.3. The van der Waals surface area contributed by atoms with E-state index in [9.17, 15) is 5.11 Å². The first kappa shape index (κ1) is 8.50. The molecule has 0 spiro atoms. The Morgan fingerprint density at radius 3 is 2.73 bits per heavy atom. The SMILES string of the molecule is CC(O)C(CO)C1=CCC=C1. The number of aliphatic hydroxyl groups is 2. The topological polar surface area (TPSA) is 40.5 Å². The highest BCUT2D eigenvalue weighted by Gasteiger charge is 2.17. The van der Waals surface area contributed by atoms with Gasteiger partial charge >= 0.3 is 0 Å². The number of hydrogen-bond acceptors (Lipinski definition) is 2. The second-order valence-electron chi connectivity index (χ2n) is 2.87. The van der Waals surface area contributed by atoms with Gasteiger partial charge in [-0.1, -0.05) is 18.2 Å². The predicted octanol–water partition coefficient (Wildman–Crippen LogP) is 0.862. The highest BCUT2D eigenvalue weighted by Crippen LogP contribution is 2.21. The lowest BCUT2D eigenvalue weighted by atomic mass is 9.96. The summed E-state index contributed by atoms with van der Waals surface area (Å²) >= 11 is 0. The van der Waals surface area contributed by atoms with Crippen LogP contribution in [0.3, 0.4) is 0 Å². The van der Waals surface area contributed by atoms with E-state index >= 15 is 0 Å². The van der Waals surface area contributed by atoms with E-state index in [1.54, 1.807) is 6.92 Å². The zero-order chi connectivity index (χ0) is 8.27. The molecule has 1 rings (SSSR count). The third-order valence-electron chi connectivity index (χ3n) is 2.01. The molecule has 0 aliphatic heterocycles. The van der Waals surface area contributed by atoms with E-state index in [2.05, 4.69) is 0 Å². The van der Waals surface area contributed by atoms with Crippen molar-refractivity contribution in [1.29, 1.82) is 0 Å². The molecule has 2 heteroatoms. The summed E-state index contributed by atoms with van der Waals surface area (Å²) in [5.74, 6) is -0.103. The Morgan fingerprint density at radius 2 is 2.36 bits per heavy atom. The van der Waals surface area contributed by atoms with Crippen LogP contribution in [0.2, 0.25) is 0 Å². The van der Waals surface area contributed by atoms with Gasteiger partial charge in [-0.15, -0.1) is 0 Å². The second kappa shape index (κ2) is 3.69. The van der Waals surface area contributed by atoms with Crippen LogP contribution in [0, 0.1) is 5.92 Å². The molecule has 1 aliphatic carbocycles. The van der Waals surface area contributed by atoms with Gasteiger partial charge in [-0.05, 0) is 18.9 Å². The molecule has 62 valence electrons. The molecular weight excluding hydrogens is 140 g/mol. The van der Waals surface area contributed by atoms with Gasteiger partial charge in [0.15, 0.2) is 0 Å². The molecule has 0 aromatic rings. The summed E-state index contributed by atoms with van der Waals surface area (Å²) in [6.45, 7) is 1.72. The summed E-state index contributed by atoms with van der Waals surface area (Å²) in [6.07, 6.45) is 6.49. The molecule has 0 heterocycles. The summed E-state index contributed by atoms with van der Waals surface area (Å²) < 4.78 is 0. The minimum atomic E-state index is -0.464. The van der Waals surface area contributed by atoms with Crippen LogP contribution < -0.4 is 0 Å². The van der Waals surface area contributed by atoms with Crippen LogP contribution >= 0.6 is 0 Å². The molecule has 0 amide bonds. The minimum absolute atomic E-state index is 0.0217. The molecule has 0 fully saturated rings. The van der Waals surface area contributed by atoms with Crippen molar-refractivity contribution in [3.63, 3.8) is 0 Å². The molecule has 2 N–H and O–H groups in total. The summed E-state index contributed by atoms with van der Waals surface area (Å²) in [4.78, 5) is 0. The standard InChI is InChI=1S/C9H14O2/c1-7(11)9(6-10)8-4-2-3-5-8/h2,4-5,7,9-11H,3,6H2,1H3. The normalized spacial score (nSPS) is 21.5. The maximum atomic E-state index is 9.24. The lowest BCUT2D eigenvalue weighted by molar-refractivity contribution is 0.102. The van der Waals surface area contributed by atoms with Crippen LogP contribution in [0.5, 0.6) is 0 Å². The Balaban J connectivity index is 2.61. The van der Waals surface area contributed by atoms with Crippen LogP contribution in [0.4, 0.5) is 0 Å². The zero-order valence-electron chi connectivity index (χ0n) is 6.70. The molecule has 2 unspecified atom stereocenters. The van der Waals surface area contributed by atoms with Gasteiger partial charge in [0, 0.05) is 5.92 Å². The molecule has 0 aromatic carbocycles. The Kier molecular flexibility index (Phi) is 2.85. The molecule has 0 radical (unpaired) electrons. The number of aliphatic hydroxyl groups excluding tert-OH is 2. The molecule has 0 saturated heterocycles. The fourth-order valence-corrected chi connectivity index (χ4v) is 1.29. The Morgan fingerprint density at radius 1 is 1.64 bits per heavy atom. The highest BCUT2D eigenvalue weighted by molar-refractivity contribution is 5.29. The Labute approximate surface area is 66.9 Å². The molecule has 0 aromatic heterocycles. The summed E-state index contributed by atoms with van der Waals surface area (Å²) in [5, 5.41) is 18.2. The third-order valence-corrected chi connectivity index (χ3v) is 2.01. The van der Waals surface area contributed by atoms with Crippen molar-refractivity contribution in [2.75, 3.05) is 6.61 Å². The summed E-state index contributed by atoms with van der Waals surface area (Å²) in [5.41, 5.74) is 1.06. The van der Waals surface area contributed by atoms with Crippen molar-refractivity contribution in [3.05, 3.63) is 23.8 Å². The lowest BCUT2D eigenvalue weighted by Crippen LogP contribution is -2.21. The quantitative estimate of drug-likeness (QED) is 0.633. The molecule has 0 bridgehead atoms. The van der Waals surface area contributed by atoms with Crippen molar-refractivity contribution in [3.8, 4) is 0 Å². The van der Waals surface area contributed by atoms with Crippen LogP contribution in [0.15, 0.2) is 23.8 Å². The fourth-order valence-electron chi connectivity index (χ4n) is 1.29. The lowest BCUT2D eigenvalue weighted by Gasteiger charge is -2.16. The van der Waals surface area contributed by atoms with E-state index in [1.807, 2.05) is 18.2 Å². The first-order chi connectivity index (χ1) is 5.25. The molecule has 11 heavy (non-hydrogen) atoms. The molecule has 0 saturated carbocycles. The first-order valence-corrected chi connectivity index (χ1v) is 3.91. The van der Waals surface area contributed by atoms with E-state index < -0.39 is 6.10 Å². The van der Waals surface area contributed by atoms with Gasteiger partial charge in [-0.25, -0.2) is 0 Å². The second-order valence-corrected chi connectivity index (χ2v) is 2.87. The summed E-state index contributed by atoms with van der Waals surface area (Å²) in [6, 6.07) is 0. The van der Waals surface area contributed by atoms with Gasteiger partial charge in [-0.3, -0.25) is 0 Å². The van der Waals surface area contributed by atoms with Gasteiger partial charge in [0.25, 0.3) is 0 Å². The third kappa shape index (κ3) is 1.91. The molecule has 2 nitrogen and oxygen atoms in total. The van der Waals surface area contributed by atoms with Crippen LogP contribution in [-0.4, -0.2) is 22.9 Å². The van der Waals surface area contributed by atoms with E-state index in [4.69, 9.17) is 5.11 Å². The summed E-state index contributed by atoms with van der Waals surface area (Å²) in [7, 11) is 0. The van der Waals surface area contributed by atoms with Gasteiger partial charge in [0.2, 0.25) is 0 Å². The van der Waals surface area contributed by atoms with Gasteiger partial charge < -0.3 is 10.2 Å². The van der Waals surface area contributed by atoms with Crippen LogP contribution in [0.25, 0.3) is 0 Å². The van der Waals surface area contributed by atoms with Crippen molar-refractivity contribution < 1.29 is 10.2 Å². The molecule has 2 atom stereocenters. The smallest absolute Gasteiger partial charge is 0.0602 e.